The van der Waals surface area contributed by atoms with Crippen molar-refractivity contribution in [1.29, 1.82) is 0 Å². The molecule has 0 spiro atoms. The number of aromatic nitrogens is 6. The molecule has 1 unspecified atom stereocenters. The van der Waals surface area contributed by atoms with Crippen LogP contribution in [-0.4, -0.2) is 42.1 Å². The van der Waals surface area contributed by atoms with E-state index in [1.54, 1.807) is 10.9 Å². The maximum Gasteiger partial charge on any atom is 0.389 e. The Hall–Kier alpha value is -3.70. The number of H-pyrrole nitrogens is 1. The monoisotopic (exact) mass is 543 g/mol. The third-order valence-electron chi connectivity index (χ3n) is 7.67. The van der Waals surface area contributed by atoms with Crippen LogP contribution in [0.4, 0.5) is 13.2 Å². The average molecular weight is 544 g/mol. The van der Waals surface area contributed by atoms with Crippen molar-refractivity contribution in [2.45, 2.75) is 89.4 Å². The van der Waals surface area contributed by atoms with Gasteiger partial charge in [-0.25, -0.2) is 9.89 Å². The number of rotatable bonds is 9. The van der Waals surface area contributed by atoms with Gasteiger partial charge in [0, 0.05) is 31.1 Å². The minimum absolute atomic E-state index is 0.132. The van der Waals surface area contributed by atoms with Crippen molar-refractivity contribution in [1.82, 2.24) is 35.3 Å². The Morgan fingerprint density at radius 1 is 1.05 bits per heavy atom. The summed E-state index contributed by atoms with van der Waals surface area (Å²) in [5.74, 6) is -0.440. The van der Waals surface area contributed by atoms with Crippen LogP contribution in [0, 0.1) is 0 Å². The van der Waals surface area contributed by atoms with Crippen molar-refractivity contribution in [3.05, 3.63) is 63.3 Å². The summed E-state index contributed by atoms with van der Waals surface area (Å²) >= 11 is 0. The Labute approximate surface area is 223 Å². The molecule has 0 radical (unpaired) electrons. The van der Waals surface area contributed by atoms with Gasteiger partial charge < -0.3 is 5.32 Å². The number of alkyl halides is 3. The lowest BCUT2D eigenvalue weighted by Gasteiger charge is -2.36. The van der Waals surface area contributed by atoms with Gasteiger partial charge in [0.15, 0.2) is 0 Å². The fourth-order valence-electron chi connectivity index (χ4n) is 5.55. The molecule has 1 aromatic carbocycles. The number of aromatic amines is 1. The van der Waals surface area contributed by atoms with Gasteiger partial charge in [0.25, 0.3) is 5.91 Å². The minimum atomic E-state index is -4.11. The molecule has 1 aliphatic heterocycles. The molecule has 9 nitrogen and oxygen atoms in total. The number of carbonyl (C=O) groups is 1. The molecular formula is C27H32F3N7O2. The second kappa shape index (κ2) is 10.8. The highest BCUT2D eigenvalue weighted by molar-refractivity contribution is 6.22. The van der Waals surface area contributed by atoms with Crippen molar-refractivity contribution >= 4 is 17.2 Å². The second-order valence-electron chi connectivity index (χ2n) is 10.7. The van der Waals surface area contributed by atoms with Gasteiger partial charge in [-0.05, 0) is 78.1 Å². The number of aryl methyl sites for hydroxylation is 3. The zero-order valence-electron chi connectivity index (χ0n) is 21.9. The van der Waals surface area contributed by atoms with Gasteiger partial charge in [0.2, 0.25) is 0 Å². The van der Waals surface area contributed by atoms with Crippen molar-refractivity contribution in [2.75, 3.05) is 0 Å². The van der Waals surface area contributed by atoms with Crippen LogP contribution in [0.15, 0.2) is 35.4 Å². The summed E-state index contributed by atoms with van der Waals surface area (Å²) in [6.45, 7) is 2.49. The quantitative estimate of drug-likeness (QED) is 0.390. The van der Waals surface area contributed by atoms with E-state index in [1.807, 2.05) is 19.2 Å². The van der Waals surface area contributed by atoms with Crippen LogP contribution in [0.25, 0.3) is 11.3 Å². The lowest BCUT2D eigenvalue weighted by atomic mass is 9.79. The summed E-state index contributed by atoms with van der Waals surface area (Å²) in [5.41, 5.74) is 3.69. The number of amides is 1. The number of carbonyl (C=O) groups excluding carboxylic acids is 1. The highest BCUT2D eigenvalue weighted by atomic mass is 19.4. The highest BCUT2D eigenvalue weighted by Crippen LogP contribution is 2.40. The van der Waals surface area contributed by atoms with Crippen LogP contribution >= 0.6 is 0 Å². The number of nitrogens with zero attached hydrogens (tertiary/aromatic N) is 5. The third-order valence-corrected chi connectivity index (χ3v) is 7.67. The Morgan fingerprint density at radius 3 is 2.56 bits per heavy atom. The molecule has 0 saturated heterocycles. The molecule has 2 aliphatic rings. The van der Waals surface area contributed by atoms with Crippen LogP contribution in [0.3, 0.4) is 0 Å². The van der Waals surface area contributed by atoms with Crippen LogP contribution in [0.2, 0.25) is 0 Å². The SMILES string of the molecule is CC1(c2cnn(CCCCCCC(F)(F)F)c2)CC(c2ccc3c(c2)CCCC3)=C(n2nn[nH]c2=O)C(=O)N1. The van der Waals surface area contributed by atoms with E-state index in [4.69, 9.17) is 0 Å². The van der Waals surface area contributed by atoms with Crippen molar-refractivity contribution in [2.24, 2.45) is 0 Å². The number of halogens is 3. The predicted octanol–water partition coefficient (Wildman–Crippen LogP) is 4.36. The Morgan fingerprint density at radius 2 is 1.82 bits per heavy atom. The van der Waals surface area contributed by atoms with E-state index < -0.39 is 29.7 Å². The van der Waals surface area contributed by atoms with E-state index in [0.717, 1.165) is 41.5 Å². The summed E-state index contributed by atoms with van der Waals surface area (Å²) in [4.78, 5) is 26.0. The summed E-state index contributed by atoms with van der Waals surface area (Å²) in [5, 5.41) is 17.2. The van der Waals surface area contributed by atoms with E-state index >= 15 is 0 Å². The molecule has 3 aromatic rings. The molecule has 0 bridgehead atoms. The lowest BCUT2D eigenvalue weighted by Crippen LogP contribution is -2.49. The number of unbranched alkanes of at least 4 members (excludes halogenated alkanes) is 3. The first-order valence-electron chi connectivity index (χ1n) is 13.4. The Bertz CT molecular complexity index is 1440. The number of fused-ring (bicyclic) bond motifs is 1. The molecule has 39 heavy (non-hydrogen) atoms. The summed E-state index contributed by atoms with van der Waals surface area (Å²) in [7, 11) is 0. The number of hydrogen-bond donors (Lipinski definition) is 2. The topological polar surface area (TPSA) is 110 Å². The molecule has 2 aromatic heterocycles. The third kappa shape index (κ3) is 5.99. The van der Waals surface area contributed by atoms with Gasteiger partial charge in [0.1, 0.15) is 5.70 Å². The first kappa shape index (κ1) is 26.9. The van der Waals surface area contributed by atoms with Crippen LogP contribution < -0.4 is 11.0 Å². The smallest absolute Gasteiger partial charge is 0.341 e. The van der Waals surface area contributed by atoms with Crippen LogP contribution in [0.1, 0.15) is 80.5 Å². The fourth-order valence-corrected chi connectivity index (χ4v) is 5.55. The van der Waals surface area contributed by atoms with Gasteiger partial charge in [-0.15, -0.1) is 0 Å². The maximum absolute atomic E-state index is 13.5. The summed E-state index contributed by atoms with van der Waals surface area (Å²) in [6, 6.07) is 6.23. The number of tetrazole rings is 1. The molecular weight excluding hydrogens is 511 g/mol. The van der Waals surface area contributed by atoms with Crippen molar-refractivity contribution < 1.29 is 18.0 Å². The molecule has 2 N–H and O–H groups in total. The Kier molecular flexibility index (Phi) is 7.46. The zero-order chi connectivity index (χ0) is 27.6. The molecule has 208 valence electrons. The first-order valence-corrected chi connectivity index (χ1v) is 13.4. The van der Waals surface area contributed by atoms with Crippen molar-refractivity contribution in [3.8, 4) is 0 Å². The summed E-state index contributed by atoms with van der Waals surface area (Å²) < 4.78 is 39.8. The van der Waals surface area contributed by atoms with Crippen LogP contribution in [0.5, 0.6) is 0 Å². The van der Waals surface area contributed by atoms with Gasteiger partial charge in [0.05, 0.1) is 11.7 Å². The fraction of sp³-hybridized carbons (Fsp3) is 0.519. The molecule has 1 amide bonds. The first-order chi connectivity index (χ1) is 18.6. The molecule has 0 fully saturated rings. The number of nitrogens with one attached hydrogen (secondary N) is 2. The number of hydrogen-bond acceptors (Lipinski definition) is 5. The molecule has 1 aliphatic carbocycles. The van der Waals surface area contributed by atoms with Crippen molar-refractivity contribution in [3.63, 3.8) is 0 Å². The maximum atomic E-state index is 13.5. The number of benzene rings is 1. The normalized spacial score (nSPS) is 19.7. The van der Waals surface area contributed by atoms with Gasteiger partial charge in [-0.1, -0.05) is 31.0 Å². The second-order valence-corrected chi connectivity index (χ2v) is 10.7. The Balaban J connectivity index is 1.38. The minimum Gasteiger partial charge on any atom is -0.341 e. The molecule has 3 heterocycles. The zero-order valence-corrected chi connectivity index (χ0v) is 21.9. The van der Waals surface area contributed by atoms with Gasteiger partial charge in [-0.2, -0.15) is 23.0 Å². The average Bonchev–Trinajstić information content (AvgIpc) is 3.54. The van der Waals surface area contributed by atoms with E-state index in [0.29, 0.717) is 37.8 Å². The largest absolute Gasteiger partial charge is 0.389 e. The predicted molar refractivity (Wildman–Crippen MR) is 138 cm³/mol. The lowest BCUT2D eigenvalue weighted by molar-refractivity contribution is -0.135. The van der Waals surface area contributed by atoms with Crippen LogP contribution in [-0.2, 0) is 29.7 Å². The molecule has 12 heteroatoms. The van der Waals surface area contributed by atoms with E-state index in [-0.39, 0.29) is 12.1 Å². The highest BCUT2D eigenvalue weighted by Gasteiger charge is 2.40. The molecule has 5 rings (SSSR count). The summed E-state index contributed by atoms with van der Waals surface area (Å²) in [6.07, 6.45) is 5.44. The van der Waals surface area contributed by atoms with E-state index in [1.165, 1.54) is 11.1 Å². The van der Waals surface area contributed by atoms with Gasteiger partial charge >= 0.3 is 11.9 Å². The van der Waals surface area contributed by atoms with E-state index in [9.17, 15) is 22.8 Å². The molecule has 1 atom stereocenters. The standard InChI is InChI=1S/C27H32F3N7O2/c1-26(21-16-31-36(17-21)13-7-3-2-6-12-27(28,29)30)15-22(20-11-10-18-8-4-5-9-19(18)14-20)23(24(38)32-26)37-25(39)33-34-35-37/h10-11,14,16-17H,2-9,12-13,15H2,1H3,(H,32,38)(H,33,35,39). The molecule has 0 saturated carbocycles. The van der Waals surface area contributed by atoms with E-state index in [2.05, 4.69) is 38.1 Å². The van der Waals surface area contributed by atoms with Gasteiger partial charge in [-0.3, -0.25) is 9.48 Å².